The molecule has 0 radical (unpaired) electrons. The van der Waals surface area contributed by atoms with Crippen LogP contribution in [0.4, 0.5) is 0 Å². The molecule has 0 aliphatic carbocycles. The third kappa shape index (κ3) is 1.80. The van der Waals surface area contributed by atoms with Crippen molar-refractivity contribution in [3.63, 3.8) is 0 Å². The van der Waals surface area contributed by atoms with Crippen molar-refractivity contribution in [1.29, 1.82) is 0 Å². The summed E-state index contributed by atoms with van der Waals surface area (Å²) in [7, 11) is 2.00. The lowest BCUT2D eigenvalue weighted by Crippen LogP contribution is -2.23. The van der Waals surface area contributed by atoms with Crippen LogP contribution in [-0.2, 0) is 6.42 Å². The molecule has 0 amide bonds. The number of hydrogen-bond acceptors (Lipinski definition) is 1. The van der Waals surface area contributed by atoms with E-state index in [1.165, 1.54) is 11.1 Å². The van der Waals surface area contributed by atoms with E-state index in [4.69, 9.17) is 0 Å². The minimum atomic E-state index is 0.535. The standard InChI is InChI=1S/C12H16N2/c1-10(13-2)7-11-8-12-5-3-4-6-14(12)9-11/h3-6,8-10,13H,7H2,1-2H3/t10-/m1/s1. The maximum Gasteiger partial charge on any atom is 0.0452 e. The van der Waals surface area contributed by atoms with E-state index in [0.717, 1.165) is 6.42 Å². The van der Waals surface area contributed by atoms with Crippen molar-refractivity contribution in [3.8, 4) is 0 Å². The Morgan fingerprint density at radius 3 is 3.00 bits per heavy atom. The van der Waals surface area contributed by atoms with Gasteiger partial charge in [0.25, 0.3) is 0 Å². The number of hydrogen-bond donors (Lipinski definition) is 1. The fourth-order valence-corrected chi connectivity index (χ4v) is 1.68. The summed E-state index contributed by atoms with van der Waals surface area (Å²) >= 11 is 0. The Bertz CT molecular complexity index is 384. The molecule has 2 aromatic rings. The molecule has 1 N–H and O–H groups in total. The first-order chi connectivity index (χ1) is 6.79. The lowest BCUT2D eigenvalue weighted by Gasteiger charge is -2.06. The summed E-state index contributed by atoms with van der Waals surface area (Å²) < 4.78 is 2.16. The quantitative estimate of drug-likeness (QED) is 0.780. The summed E-state index contributed by atoms with van der Waals surface area (Å²) in [5, 5.41) is 3.25. The molecule has 0 saturated heterocycles. The van der Waals surface area contributed by atoms with E-state index in [1.54, 1.807) is 0 Å². The van der Waals surface area contributed by atoms with Gasteiger partial charge in [-0.2, -0.15) is 0 Å². The zero-order chi connectivity index (χ0) is 9.97. The lowest BCUT2D eigenvalue weighted by atomic mass is 10.1. The number of nitrogens with one attached hydrogen (secondary N) is 1. The van der Waals surface area contributed by atoms with Crippen LogP contribution in [0.15, 0.2) is 36.7 Å². The maximum atomic E-state index is 3.25. The monoisotopic (exact) mass is 188 g/mol. The van der Waals surface area contributed by atoms with Gasteiger partial charge in [0.15, 0.2) is 0 Å². The predicted molar refractivity (Wildman–Crippen MR) is 59.6 cm³/mol. The van der Waals surface area contributed by atoms with Gasteiger partial charge in [-0.05, 0) is 44.2 Å². The molecule has 0 unspecified atom stereocenters. The van der Waals surface area contributed by atoms with Crippen LogP contribution in [0, 0.1) is 0 Å². The van der Waals surface area contributed by atoms with Crippen molar-refractivity contribution in [2.75, 3.05) is 7.05 Å². The number of likely N-dealkylation sites (N-methyl/N-ethyl adjacent to an activating group) is 1. The molecular weight excluding hydrogens is 172 g/mol. The first kappa shape index (κ1) is 9.28. The molecule has 0 aliphatic rings. The molecule has 0 saturated carbocycles. The highest BCUT2D eigenvalue weighted by atomic mass is 14.9. The Hall–Kier alpha value is -1.28. The zero-order valence-electron chi connectivity index (χ0n) is 8.70. The van der Waals surface area contributed by atoms with E-state index >= 15 is 0 Å². The number of nitrogens with zero attached hydrogens (tertiary/aromatic N) is 1. The fraction of sp³-hybridized carbons (Fsp3) is 0.333. The molecule has 0 bridgehead atoms. The van der Waals surface area contributed by atoms with Gasteiger partial charge in [0.05, 0.1) is 0 Å². The van der Waals surface area contributed by atoms with Crippen molar-refractivity contribution in [2.45, 2.75) is 19.4 Å². The van der Waals surface area contributed by atoms with Gasteiger partial charge in [-0.1, -0.05) is 6.07 Å². The van der Waals surface area contributed by atoms with Crippen LogP contribution in [0.2, 0.25) is 0 Å². The first-order valence-electron chi connectivity index (χ1n) is 5.02. The smallest absolute Gasteiger partial charge is 0.0452 e. The Morgan fingerprint density at radius 2 is 2.29 bits per heavy atom. The highest BCUT2D eigenvalue weighted by Gasteiger charge is 2.02. The van der Waals surface area contributed by atoms with E-state index in [0.29, 0.717) is 6.04 Å². The molecule has 2 aromatic heterocycles. The van der Waals surface area contributed by atoms with Crippen LogP contribution >= 0.6 is 0 Å². The molecule has 2 heteroatoms. The minimum Gasteiger partial charge on any atom is -0.324 e. The molecular formula is C12H16N2. The summed E-state index contributed by atoms with van der Waals surface area (Å²) in [6.45, 7) is 2.20. The van der Waals surface area contributed by atoms with Crippen LogP contribution < -0.4 is 5.32 Å². The van der Waals surface area contributed by atoms with Crippen molar-refractivity contribution < 1.29 is 0 Å². The Balaban J connectivity index is 2.27. The van der Waals surface area contributed by atoms with Gasteiger partial charge in [-0.25, -0.2) is 0 Å². The summed E-state index contributed by atoms with van der Waals surface area (Å²) in [4.78, 5) is 0. The normalized spacial score (nSPS) is 13.3. The molecule has 1 atom stereocenters. The van der Waals surface area contributed by atoms with Gasteiger partial charge in [-0.15, -0.1) is 0 Å². The van der Waals surface area contributed by atoms with Crippen molar-refractivity contribution in [2.24, 2.45) is 0 Å². The lowest BCUT2D eigenvalue weighted by molar-refractivity contribution is 0.608. The van der Waals surface area contributed by atoms with Crippen LogP contribution in [0.1, 0.15) is 12.5 Å². The summed E-state index contributed by atoms with van der Waals surface area (Å²) in [5.41, 5.74) is 2.66. The Morgan fingerprint density at radius 1 is 1.43 bits per heavy atom. The Kier molecular flexibility index (Phi) is 2.55. The average Bonchev–Trinajstić information content (AvgIpc) is 2.59. The molecule has 14 heavy (non-hydrogen) atoms. The number of fused-ring (bicyclic) bond motifs is 1. The van der Waals surface area contributed by atoms with Gasteiger partial charge in [-0.3, -0.25) is 0 Å². The largest absolute Gasteiger partial charge is 0.324 e. The summed E-state index contributed by atoms with van der Waals surface area (Å²) in [6, 6.07) is 9.03. The summed E-state index contributed by atoms with van der Waals surface area (Å²) in [5.74, 6) is 0. The van der Waals surface area contributed by atoms with E-state index in [2.05, 4.69) is 53.3 Å². The van der Waals surface area contributed by atoms with Crippen LogP contribution in [0.3, 0.4) is 0 Å². The van der Waals surface area contributed by atoms with Crippen molar-refractivity contribution >= 4 is 5.52 Å². The molecule has 74 valence electrons. The third-order valence-electron chi connectivity index (χ3n) is 2.60. The zero-order valence-corrected chi connectivity index (χ0v) is 8.70. The van der Waals surface area contributed by atoms with Gasteiger partial charge in [0, 0.05) is 24.0 Å². The second-order valence-electron chi connectivity index (χ2n) is 3.77. The van der Waals surface area contributed by atoms with Gasteiger partial charge in [0.1, 0.15) is 0 Å². The minimum absolute atomic E-state index is 0.535. The molecule has 0 aromatic carbocycles. The van der Waals surface area contributed by atoms with Crippen molar-refractivity contribution in [3.05, 3.63) is 42.2 Å². The van der Waals surface area contributed by atoms with E-state index in [-0.39, 0.29) is 0 Å². The number of rotatable bonds is 3. The molecule has 0 fully saturated rings. The van der Waals surface area contributed by atoms with Gasteiger partial charge in [0.2, 0.25) is 0 Å². The second-order valence-corrected chi connectivity index (χ2v) is 3.77. The van der Waals surface area contributed by atoms with Crippen LogP contribution in [-0.4, -0.2) is 17.5 Å². The Labute approximate surface area is 84.6 Å². The van der Waals surface area contributed by atoms with E-state index < -0.39 is 0 Å². The van der Waals surface area contributed by atoms with Gasteiger partial charge >= 0.3 is 0 Å². The molecule has 2 rings (SSSR count). The van der Waals surface area contributed by atoms with E-state index in [9.17, 15) is 0 Å². The van der Waals surface area contributed by atoms with Crippen LogP contribution in [0.25, 0.3) is 5.52 Å². The first-order valence-corrected chi connectivity index (χ1v) is 5.02. The number of pyridine rings is 1. The van der Waals surface area contributed by atoms with Gasteiger partial charge < -0.3 is 9.72 Å². The third-order valence-corrected chi connectivity index (χ3v) is 2.60. The topological polar surface area (TPSA) is 16.4 Å². The van der Waals surface area contributed by atoms with Crippen molar-refractivity contribution in [1.82, 2.24) is 9.72 Å². The average molecular weight is 188 g/mol. The highest BCUT2D eigenvalue weighted by molar-refractivity contribution is 5.50. The van der Waals surface area contributed by atoms with Crippen LogP contribution in [0.5, 0.6) is 0 Å². The molecule has 0 spiro atoms. The number of aromatic nitrogens is 1. The predicted octanol–water partition coefficient (Wildman–Crippen LogP) is 2.09. The second kappa shape index (κ2) is 3.84. The fourth-order valence-electron chi connectivity index (χ4n) is 1.68. The van der Waals surface area contributed by atoms with E-state index in [1.807, 2.05) is 7.05 Å². The SMILES string of the molecule is CN[C@H](C)Cc1cc2ccccn2c1. The molecule has 2 nitrogen and oxygen atoms in total. The maximum absolute atomic E-state index is 3.25. The highest BCUT2D eigenvalue weighted by Crippen LogP contribution is 2.11. The molecule has 2 heterocycles. The summed E-state index contributed by atoms with van der Waals surface area (Å²) in [6.07, 6.45) is 5.37. The molecule has 0 aliphatic heterocycles.